The molecule has 28 heavy (non-hydrogen) atoms. The van der Waals surface area contributed by atoms with Crippen LogP contribution in [0.15, 0.2) is 28.8 Å². The van der Waals surface area contributed by atoms with E-state index in [1.54, 1.807) is 13.0 Å². The molecule has 1 aliphatic rings. The van der Waals surface area contributed by atoms with Gasteiger partial charge in [0, 0.05) is 30.3 Å². The fourth-order valence-corrected chi connectivity index (χ4v) is 3.87. The second-order valence-corrected chi connectivity index (χ2v) is 7.21. The first-order valence-electron chi connectivity index (χ1n) is 9.13. The monoisotopic (exact) mass is 393 g/mol. The van der Waals surface area contributed by atoms with Crippen LogP contribution >= 0.6 is 0 Å². The van der Waals surface area contributed by atoms with Gasteiger partial charge in [0.25, 0.3) is 12.1 Å². The van der Waals surface area contributed by atoms with Crippen molar-refractivity contribution in [3.8, 4) is 0 Å². The summed E-state index contributed by atoms with van der Waals surface area (Å²) in [6.45, 7) is 3.45. The number of piperidine rings is 1. The van der Waals surface area contributed by atoms with Crippen molar-refractivity contribution in [3.05, 3.63) is 58.4 Å². The maximum atomic E-state index is 13.6. The topological polar surface area (TPSA) is 42.2 Å². The Morgan fingerprint density at radius 2 is 2.04 bits per heavy atom. The zero-order valence-electron chi connectivity index (χ0n) is 15.3. The first kappa shape index (κ1) is 18.9. The number of nitrogens with zero attached hydrogens (tertiary/aromatic N) is 3. The van der Waals surface area contributed by atoms with Crippen molar-refractivity contribution in [2.45, 2.75) is 38.7 Å². The number of rotatable bonds is 4. The highest BCUT2D eigenvalue weighted by molar-refractivity contribution is 5.80. The van der Waals surface area contributed by atoms with Crippen LogP contribution in [0, 0.1) is 18.6 Å². The molecule has 3 aromatic rings. The van der Waals surface area contributed by atoms with Crippen LogP contribution in [-0.4, -0.2) is 28.1 Å². The largest absolute Gasteiger partial charge is 0.336 e. The van der Waals surface area contributed by atoms with Crippen molar-refractivity contribution in [1.82, 2.24) is 15.0 Å². The molecule has 1 saturated heterocycles. The third-order valence-corrected chi connectivity index (χ3v) is 5.22. The fraction of sp³-hybridized carbons (Fsp3) is 0.400. The van der Waals surface area contributed by atoms with Gasteiger partial charge in [-0.2, -0.15) is 0 Å². The van der Waals surface area contributed by atoms with E-state index in [0.29, 0.717) is 30.0 Å². The van der Waals surface area contributed by atoms with Crippen molar-refractivity contribution in [3.63, 3.8) is 0 Å². The normalized spacial score (nSPS) is 18.3. The zero-order chi connectivity index (χ0) is 19.8. The highest BCUT2D eigenvalue weighted by atomic mass is 19.3. The first-order chi connectivity index (χ1) is 13.4. The minimum atomic E-state index is -2.65. The molecule has 0 spiro atoms. The third kappa shape index (κ3) is 3.61. The minimum Gasteiger partial charge on any atom is -0.336 e. The lowest BCUT2D eigenvalue weighted by atomic mass is 9.92. The summed E-state index contributed by atoms with van der Waals surface area (Å²) in [4.78, 5) is 6.53. The quantitative estimate of drug-likeness (QED) is 0.577. The van der Waals surface area contributed by atoms with E-state index in [1.807, 2.05) is 0 Å². The number of hydrogen-bond acceptors (Lipinski definition) is 4. The van der Waals surface area contributed by atoms with Gasteiger partial charge < -0.3 is 4.52 Å². The van der Waals surface area contributed by atoms with Crippen LogP contribution in [0.5, 0.6) is 0 Å². The molecule has 0 radical (unpaired) electrons. The summed E-state index contributed by atoms with van der Waals surface area (Å²) in [7, 11) is 0. The molecule has 1 aliphatic heterocycles. The molecule has 4 nitrogen and oxygen atoms in total. The number of alkyl halides is 2. The van der Waals surface area contributed by atoms with Crippen molar-refractivity contribution in [2.24, 2.45) is 0 Å². The van der Waals surface area contributed by atoms with Gasteiger partial charge in [-0.3, -0.25) is 4.90 Å². The Bertz CT molecular complexity index is 1000. The average Bonchev–Trinajstić information content (AvgIpc) is 3.05. The maximum Gasteiger partial charge on any atom is 0.264 e. The average molecular weight is 393 g/mol. The number of fused-ring (bicyclic) bond motifs is 1. The molecule has 2 aromatic heterocycles. The summed E-state index contributed by atoms with van der Waals surface area (Å²) in [5, 5.41) is 4.04. The van der Waals surface area contributed by atoms with Crippen molar-refractivity contribution >= 4 is 11.1 Å². The second kappa shape index (κ2) is 7.50. The summed E-state index contributed by atoms with van der Waals surface area (Å²) < 4.78 is 58.8. The van der Waals surface area contributed by atoms with Gasteiger partial charge in [-0.15, -0.1) is 0 Å². The number of halogens is 4. The third-order valence-electron chi connectivity index (χ3n) is 5.22. The molecule has 0 amide bonds. The Kier molecular flexibility index (Phi) is 5.05. The lowest BCUT2D eigenvalue weighted by Crippen LogP contribution is -2.34. The molecule has 1 fully saturated rings. The molecule has 0 bridgehead atoms. The number of benzene rings is 1. The van der Waals surface area contributed by atoms with Crippen LogP contribution in [0.25, 0.3) is 11.1 Å². The van der Waals surface area contributed by atoms with Gasteiger partial charge in [0.15, 0.2) is 11.6 Å². The molecule has 4 rings (SSSR count). The van der Waals surface area contributed by atoms with Crippen LogP contribution in [0.2, 0.25) is 0 Å². The Balaban J connectivity index is 1.58. The lowest BCUT2D eigenvalue weighted by Gasteiger charge is -2.32. The second-order valence-electron chi connectivity index (χ2n) is 7.21. The summed E-state index contributed by atoms with van der Waals surface area (Å²) in [5.74, 6) is -1.80. The Hall–Kier alpha value is -2.48. The van der Waals surface area contributed by atoms with Gasteiger partial charge in [0.2, 0.25) is 0 Å². The minimum absolute atomic E-state index is 0.0497. The smallest absolute Gasteiger partial charge is 0.264 e. The van der Waals surface area contributed by atoms with Crippen molar-refractivity contribution in [1.29, 1.82) is 0 Å². The number of hydrogen-bond donors (Lipinski definition) is 0. The van der Waals surface area contributed by atoms with E-state index in [0.717, 1.165) is 25.5 Å². The summed E-state index contributed by atoms with van der Waals surface area (Å²) in [6.07, 6.45) is -0.986. The zero-order valence-corrected chi connectivity index (χ0v) is 15.3. The highest BCUT2D eigenvalue weighted by Crippen LogP contribution is 2.34. The van der Waals surface area contributed by atoms with E-state index in [-0.39, 0.29) is 22.6 Å². The molecule has 148 valence electrons. The van der Waals surface area contributed by atoms with E-state index in [4.69, 9.17) is 4.52 Å². The van der Waals surface area contributed by atoms with Crippen molar-refractivity contribution < 1.29 is 22.1 Å². The molecular formula is C20H19F4N3O. The number of likely N-dealkylation sites (tertiary alicyclic amines) is 1. The van der Waals surface area contributed by atoms with E-state index < -0.39 is 18.1 Å². The summed E-state index contributed by atoms with van der Waals surface area (Å²) in [6, 6.07) is 5.31. The summed E-state index contributed by atoms with van der Waals surface area (Å²) in [5.41, 5.74) is 1.63. The summed E-state index contributed by atoms with van der Waals surface area (Å²) >= 11 is 0. The number of aryl methyl sites for hydroxylation is 1. The number of aromatic nitrogens is 2. The Labute approximate surface area is 159 Å². The maximum absolute atomic E-state index is 13.6. The van der Waals surface area contributed by atoms with Gasteiger partial charge in [-0.25, -0.2) is 22.5 Å². The van der Waals surface area contributed by atoms with Crippen LogP contribution in [-0.2, 0) is 6.54 Å². The van der Waals surface area contributed by atoms with Gasteiger partial charge in [0.1, 0.15) is 0 Å². The van der Waals surface area contributed by atoms with Gasteiger partial charge in [0.05, 0.1) is 11.1 Å². The first-order valence-corrected chi connectivity index (χ1v) is 9.13. The standard InChI is InChI=1S/C20H19F4N3O/c1-11-18-14(19(23)24)8-17(25-20(18)28-26-11)13-3-2-6-27(10-13)9-12-4-5-15(21)16(22)7-12/h4-5,7-8,13,19H,2-3,6,9-10H2,1H3/t13-/m0/s1. The molecule has 0 unspecified atom stereocenters. The van der Waals surface area contributed by atoms with E-state index in [9.17, 15) is 17.6 Å². The molecule has 0 saturated carbocycles. The molecule has 8 heteroatoms. The van der Waals surface area contributed by atoms with E-state index >= 15 is 0 Å². The van der Waals surface area contributed by atoms with E-state index in [1.165, 1.54) is 12.1 Å². The molecule has 0 aliphatic carbocycles. The molecule has 1 aromatic carbocycles. The predicted octanol–water partition coefficient (Wildman–Crippen LogP) is 5.13. The van der Waals surface area contributed by atoms with Gasteiger partial charge >= 0.3 is 0 Å². The number of pyridine rings is 1. The predicted molar refractivity (Wildman–Crippen MR) is 95.1 cm³/mol. The van der Waals surface area contributed by atoms with Crippen LogP contribution < -0.4 is 0 Å². The lowest BCUT2D eigenvalue weighted by molar-refractivity contribution is 0.152. The SMILES string of the molecule is Cc1noc2nc([C@H]3CCCN(Cc4ccc(F)c(F)c4)C3)cc(C(F)F)c12. The van der Waals surface area contributed by atoms with Gasteiger partial charge in [-0.05, 0) is 50.1 Å². The molecule has 3 heterocycles. The fourth-order valence-electron chi connectivity index (χ4n) is 3.87. The molecule has 1 atom stereocenters. The van der Waals surface area contributed by atoms with Crippen LogP contribution in [0.3, 0.4) is 0 Å². The van der Waals surface area contributed by atoms with Gasteiger partial charge in [-0.1, -0.05) is 11.2 Å². The molecule has 0 N–H and O–H groups in total. The van der Waals surface area contributed by atoms with E-state index in [2.05, 4.69) is 15.0 Å². The highest BCUT2D eigenvalue weighted by Gasteiger charge is 2.26. The Morgan fingerprint density at radius 1 is 1.21 bits per heavy atom. The van der Waals surface area contributed by atoms with Crippen LogP contribution in [0.1, 0.15) is 47.7 Å². The van der Waals surface area contributed by atoms with Crippen LogP contribution in [0.4, 0.5) is 17.6 Å². The Morgan fingerprint density at radius 3 is 2.79 bits per heavy atom. The molecular weight excluding hydrogens is 374 g/mol. The van der Waals surface area contributed by atoms with Crippen molar-refractivity contribution in [2.75, 3.05) is 13.1 Å².